The first kappa shape index (κ1) is 20.8. The van der Waals surface area contributed by atoms with Crippen LogP contribution in [-0.4, -0.2) is 41.6 Å². The Kier molecular flexibility index (Phi) is 18.8. The molecular formula is C8H19Cl2N3O3. The van der Waals surface area contributed by atoms with E-state index in [0.29, 0.717) is 13.0 Å². The van der Waals surface area contributed by atoms with E-state index < -0.39 is 12.0 Å². The summed E-state index contributed by atoms with van der Waals surface area (Å²) in [6.45, 7) is 1.28. The average molecular weight is 276 g/mol. The van der Waals surface area contributed by atoms with Crippen LogP contribution in [0.15, 0.2) is 5.16 Å². The Hall–Kier alpha value is -0.560. The summed E-state index contributed by atoms with van der Waals surface area (Å²) in [5.74, 6) is -0.953. The molecule has 0 saturated carbocycles. The topological polar surface area (TPSA) is 108 Å². The maximum atomic E-state index is 10.3. The molecule has 98 valence electrons. The van der Waals surface area contributed by atoms with E-state index in [1.165, 1.54) is 6.21 Å². The molecule has 0 saturated heterocycles. The van der Waals surface area contributed by atoms with E-state index in [2.05, 4.69) is 10.5 Å². The molecule has 0 aromatic rings. The fourth-order valence-electron chi connectivity index (χ4n) is 0.945. The molecule has 5 N–H and O–H groups in total. The van der Waals surface area contributed by atoms with E-state index in [1.54, 1.807) is 0 Å². The zero-order valence-corrected chi connectivity index (χ0v) is 10.5. The number of carboxylic acid groups (broad SMARTS) is 1. The van der Waals surface area contributed by atoms with Crippen LogP contribution in [0.2, 0.25) is 0 Å². The second kappa shape index (κ2) is 14.4. The first-order chi connectivity index (χ1) is 6.68. The lowest BCUT2D eigenvalue weighted by atomic mass is 10.1. The van der Waals surface area contributed by atoms with E-state index in [1.807, 2.05) is 0 Å². The molecule has 0 aromatic heterocycles. The van der Waals surface area contributed by atoms with Crippen molar-refractivity contribution < 1.29 is 15.1 Å². The molecule has 0 amide bonds. The molecule has 0 aliphatic heterocycles. The van der Waals surface area contributed by atoms with Crippen molar-refractivity contribution in [1.82, 2.24) is 5.32 Å². The number of nitrogens with two attached hydrogens (primary N) is 1. The third-order valence-electron chi connectivity index (χ3n) is 1.75. The number of nitrogens with one attached hydrogen (secondary N) is 1. The van der Waals surface area contributed by atoms with Gasteiger partial charge in [-0.25, -0.2) is 0 Å². The second-order valence-electron chi connectivity index (χ2n) is 2.94. The van der Waals surface area contributed by atoms with Crippen molar-refractivity contribution in [1.29, 1.82) is 0 Å². The highest BCUT2D eigenvalue weighted by atomic mass is 35.5. The Labute approximate surface area is 107 Å². The van der Waals surface area contributed by atoms with Crippen molar-refractivity contribution in [2.75, 3.05) is 13.1 Å². The first-order valence-electron chi connectivity index (χ1n) is 4.53. The molecule has 6 nitrogen and oxygen atoms in total. The van der Waals surface area contributed by atoms with Crippen molar-refractivity contribution >= 4 is 37.0 Å². The van der Waals surface area contributed by atoms with E-state index in [0.717, 1.165) is 19.4 Å². The first-order valence-corrected chi connectivity index (χ1v) is 4.53. The maximum Gasteiger partial charge on any atom is 0.320 e. The van der Waals surface area contributed by atoms with Crippen LogP contribution in [0, 0.1) is 0 Å². The average Bonchev–Trinajstić information content (AvgIpc) is 2.16. The molecule has 0 aromatic carbocycles. The molecule has 0 bridgehead atoms. The van der Waals surface area contributed by atoms with Gasteiger partial charge in [-0.15, -0.1) is 30.0 Å². The Balaban J connectivity index is -0.000000845. The fraction of sp³-hybridized carbons (Fsp3) is 0.750. The van der Waals surface area contributed by atoms with Crippen molar-refractivity contribution in [2.45, 2.75) is 25.3 Å². The summed E-state index contributed by atoms with van der Waals surface area (Å²) in [7, 11) is 0. The minimum absolute atomic E-state index is 0. The van der Waals surface area contributed by atoms with Gasteiger partial charge in [0, 0.05) is 6.54 Å². The van der Waals surface area contributed by atoms with Crippen LogP contribution in [0.25, 0.3) is 0 Å². The minimum atomic E-state index is -0.953. The number of hydrogen-bond donors (Lipinski definition) is 4. The quantitative estimate of drug-likeness (QED) is 0.223. The smallest absolute Gasteiger partial charge is 0.320 e. The number of aliphatic carboxylic acids is 1. The Morgan fingerprint density at radius 2 is 2.06 bits per heavy atom. The molecular weight excluding hydrogens is 257 g/mol. The number of hydrogen-bond acceptors (Lipinski definition) is 5. The molecule has 0 heterocycles. The number of rotatable bonds is 8. The molecule has 0 spiro atoms. The number of unbranched alkanes of at least 4 members (excludes halogenated alkanes) is 1. The zero-order valence-electron chi connectivity index (χ0n) is 8.83. The highest BCUT2D eigenvalue weighted by Crippen LogP contribution is 1.97. The summed E-state index contributed by atoms with van der Waals surface area (Å²) in [6.07, 6.45) is 3.48. The van der Waals surface area contributed by atoms with Gasteiger partial charge in [-0.05, 0) is 19.4 Å². The highest BCUT2D eigenvalue weighted by molar-refractivity contribution is 5.85. The van der Waals surface area contributed by atoms with Gasteiger partial charge in [-0.3, -0.25) is 4.79 Å². The van der Waals surface area contributed by atoms with Crippen LogP contribution >= 0.6 is 24.8 Å². The van der Waals surface area contributed by atoms with Crippen molar-refractivity contribution in [3.05, 3.63) is 0 Å². The van der Waals surface area contributed by atoms with Crippen LogP contribution in [0.3, 0.4) is 0 Å². The molecule has 0 rings (SSSR count). The molecule has 1 atom stereocenters. The molecule has 16 heavy (non-hydrogen) atoms. The van der Waals surface area contributed by atoms with Gasteiger partial charge in [-0.1, -0.05) is 6.42 Å². The number of oxime groups is 1. The van der Waals surface area contributed by atoms with Crippen LogP contribution in [-0.2, 0) is 4.79 Å². The molecule has 0 fully saturated rings. The van der Waals surface area contributed by atoms with Gasteiger partial charge in [-0.2, -0.15) is 0 Å². The lowest BCUT2D eigenvalue weighted by Crippen LogP contribution is -2.30. The molecule has 8 heteroatoms. The third-order valence-corrected chi connectivity index (χ3v) is 1.75. The van der Waals surface area contributed by atoms with Gasteiger partial charge in [0.25, 0.3) is 0 Å². The predicted molar refractivity (Wildman–Crippen MR) is 67.1 cm³/mol. The number of carboxylic acids is 1. The molecule has 0 unspecified atom stereocenters. The third kappa shape index (κ3) is 13.4. The van der Waals surface area contributed by atoms with Gasteiger partial charge < -0.3 is 21.4 Å². The largest absolute Gasteiger partial charge is 0.480 e. The lowest BCUT2D eigenvalue weighted by molar-refractivity contribution is -0.138. The summed E-state index contributed by atoms with van der Waals surface area (Å²) in [5.41, 5.74) is 5.30. The van der Waals surface area contributed by atoms with Gasteiger partial charge in [0.05, 0.1) is 6.21 Å². The van der Waals surface area contributed by atoms with Crippen molar-refractivity contribution in [3.8, 4) is 0 Å². The SMILES string of the molecule is Cl.Cl.N[C@@H](CCCCNCC=NO)C(=O)O. The van der Waals surface area contributed by atoms with Crippen LogP contribution in [0.5, 0.6) is 0 Å². The zero-order chi connectivity index (χ0) is 10.8. The highest BCUT2D eigenvalue weighted by Gasteiger charge is 2.09. The Morgan fingerprint density at radius 3 is 2.56 bits per heavy atom. The van der Waals surface area contributed by atoms with Gasteiger partial charge in [0.15, 0.2) is 0 Å². The van der Waals surface area contributed by atoms with Crippen LogP contribution < -0.4 is 11.1 Å². The number of nitrogens with zero attached hydrogens (tertiary/aromatic N) is 1. The van der Waals surface area contributed by atoms with Crippen molar-refractivity contribution in [3.63, 3.8) is 0 Å². The van der Waals surface area contributed by atoms with E-state index in [-0.39, 0.29) is 24.8 Å². The van der Waals surface area contributed by atoms with E-state index in [4.69, 9.17) is 16.0 Å². The van der Waals surface area contributed by atoms with Crippen LogP contribution in [0.1, 0.15) is 19.3 Å². The Bertz CT molecular complexity index is 193. The van der Waals surface area contributed by atoms with E-state index >= 15 is 0 Å². The fourth-order valence-corrected chi connectivity index (χ4v) is 0.945. The molecule has 0 radical (unpaired) electrons. The number of halogens is 2. The minimum Gasteiger partial charge on any atom is -0.480 e. The molecule has 0 aliphatic rings. The lowest BCUT2D eigenvalue weighted by Gasteiger charge is -2.05. The van der Waals surface area contributed by atoms with Gasteiger partial charge in [0.1, 0.15) is 6.04 Å². The normalized spacial score (nSPS) is 11.6. The summed E-state index contributed by atoms with van der Waals surface area (Å²) < 4.78 is 0. The van der Waals surface area contributed by atoms with Gasteiger partial charge in [0.2, 0.25) is 0 Å². The maximum absolute atomic E-state index is 10.3. The summed E-state index contributed by atoms with van der Waals surface area (Å²) in [4.78, 5) is 10.3. The van der Waals surface area contributed by atoms with E-state index in [9.17, 15) is 4.79 Å². The summed E-state index contributed by atoms with van der Waals surface area (Å²) in [6, 6.07) is -0.756. The van der Waals surface area contributed by atoms with Crippen LogP contribution in [0.4, 0.5) is 0 Å². The Morgan fingerprint density at radius 1 is 1.44 bits per heavy atom. The number of carbonyl (C=O) groups is 1. The standard InChI is InChI=1S/C8H17N3O3.2ClH/c9-7(8(12)13)3-1-2-4-10-5-6-11-14;;/h6-7,10,14H,1-5,9H2,(H,12,13);2*1H/t7-;;/m0../s1. The summed E-state index contributed by atoms with van der Waals surface area (Å²) >= 11 is 0. The van der Waals surface area contributed by atoms with Crippen molar-refractivity contribution in [2.24, 2.45) is 10.9 Å². The second-order valence-corrected chi connectivity index (χ2v) is 2.94. The molecule has 0 aliphatic carbocycles. The van der Waals surface area contributed by atoms with Gasteiger partial charge >= 0.3 is 5.97 Å². The summed E-state index contributed by atoms with van der Waals surface area (Å²) in [5, 5.41) is 22.3. The predicted octanol–water partition coefficient (Wildman–Crippen LogP) is 0.462. The monoisotopic (exact) mass is 275 g/mol.